The van der Waals surface area contributed by atoms with Gasteiger partial charge in [-0.2, -0.15) is 0 Å². The molecular weight excluding hydrogens is 556 g/mol. The van der Waals surface area contributed by atoms with Gasteiger partial charge < -0.3 is 18.9 Å². The molecule has 0 bridgehead atoms. The molecule has 0 amide bonds. The lowest BCUT2D eigenvalue weighted by atomic mass is 9.67. The van der Waals surface area contributed by atoms with E-state index >= 15 is 0 Å². The second kappa shape index (κ2) is 10.4. The summed E-state index contributed by atoms with van der Waals surface area (Å²) < 4.78 is 23.5. The van der Waals surface area contributed by atoms with Crippen molar-refractivity contribution in [1.29, 1.82) is 0 Å². The first-order valence-electron chi connectivity index (χ1n) is 16.1. The third kappa shape index (κ3) is 4.39. The average Bonchev–Trinajstić information content (AvgIpc) is 3.56. The molecular formula is C33H44O10. The van der Waals surface area contributed by atoms with Crippen LogP contribution in [0.1, 0.15) is 86.5 Å². The highest BCUT2D eigenvalue weighted by molar-refractivity contribution is 5.93. The Morgan fingerprint density at radius 1 is 0.698 bits per heavy atom. The smallest absolute Gasteiger partial charge is 0.317 e. The van der Waals surface area contributed by atoms with Gasteiger partial charge in [-0.25, -0.2) is 0 Å². The molecule has 0 aromatic heterocycles. The van der Waals surface area contributed by atoms with Crippen molar-refractivity contribution in [3.05, 3.63) is 0 Å². The number of esters is 4. The number of carbonyl (C=O) groups is 6. The highest BCUT2D eigenvalue weighted by Crippen LogP contribution is 2.58. The van der Waals surface area contributed by atoms with Crippen LogP contribution >= 0.6 is 0 Å². The van der Waals surface area contributed by atoms with E-state index in [2.05, 4.69) is 13.8 Å². The van der Waals surface area contributed by atoms with Gasteiger partial charge in [0.1, 0.15) is 42.4 Å². The fraction of sp³-hybridized carbons (Fsp3) is 0.818. The largest absolute Gasteiger partial charge is 0.462 e. The number of ether oxygens (including phenoxy) is 4. The van der Waals surface area contributed by atoms with Crippen molar-refractivity contribution >= 4 is 35.4 Å². The molecule has 2 unspecified atom stereocenters. The summed E-state index contributed by atoms with van der Waals surface area (Å²) in [4.78, 5) is 79.0. The van der Waals surface area contributed by atoms with Gasteiger partial charge >= 0.3 is 23.9 Å². The Balaban J connectivity index is 1.25. The van der Waals surface area contributed by atoms with E-state index < -0.39 is 77.3 Å². The molecule has 2 saturated heterocycles. The van der Waals surface area contributed by atoms with Crippen LogP contribution in [0.15, 0.2) is 0 Å². The van der Waals surface area contributed by atoms with E-state index in [0.29, 0.717) is 38.5 Å². The Hall–Kier alpha value is -2.78. The Kier molecular flexibility index (Phi) is 7.32. The summed E-state index contributed by atoms with van der Waals surface area (Å²) in [5, 5.41) is 0. The number of hydrogen-bond acceptors (Lipinski definition) is 10. The molecule has 6 aliphatic rings. The van der Waals surface area contributed by atoms with Gasteiger partial charge in [0.25, 0.3) is 0 Å². The van der Waals surface area contributed by atoms with E-state index in [4.69, 9.17) is 18.9 Å². The van der Waals surface area contributed by atoms with Crippen LogP contribution in [0.4, 0.5) is 0 Å². The first-order chi connectivity index (χ1) is 20.2. The molecule has 10 nitrogen and oxygen atoms in total. The standard InChI is InChI=1S/C33H44O10/c1-14-11-20-26(16(3)30(38)40-20)28(32(5)18(14)7-9-22(32)34)42-24(36)13-25(37)43-29-27-17(4)31(39)41-21(27)12-15(2)19-8-10-23(35)33(19,29)6/h14-21,26-29H,7-13H2,1-6H3/t14-,15-,16?,17?,18+,19+,20-,21-,26-,27-,28+,29+,32+,33+/m1/s1. The summed E-state index contributed by atoms with van der Waals surface area (Å²) in [5.74, 6) is -4.53. The normalized spacial score (nSPS) is 48.7. The van der Waals surface area contributed by atoms with E-state index in [0.717, 1.165) is 0 Å². The Morgan fingerprint density at radius 3 is 1.44 bits per heavy atom. The molecule has 6 rings (SSSR count). The fourth-order valence-corrected chi connectivity index (χ4v) is 10.3. The molecule has 43 heavy (non-hydrogen) atoms. The number of hydrogen-bond donors (Lipinski definition) is 0. The Morgan fingerprint density at radius 2 is 1.07 bits per heavy atom. The zero-order valence-corrected chi connectivity index (χ0v) is 26.0. The van der Waals surface area contributed by atoms with Crippen LogP contribution in [-0.2, 0) is 47.7 Å². The van der Waals surface area contributed by atoms with Crippen LogP contribution in [0.5, 0.6) is 0 Å². The number of rotatable bonds is 4. The van der Waals surface area contributed by atoms with Crippen molar-refractivity contribution in [2.24, 2.45) is 58.2 Å². The maximum absolute atomic E-state index is 13.5. The molecule has 4 saturated carbocycles. The molecule has 6 fully saturated rings. The maximum Gasteiger partial charge on any atom is 0.317 e. The van der Waals surface area contributed by atoms with Crippen LogP contribution < -0.4 is 0 Å². The van der Waals surface area contributed by atoms with Gasteiger partial charge in [-0.3, -0.25) is 28.8 Å². The third-order valence-corrected chi connectivity index (χ3v) is 12.7. The molecule has 236 valence electrons. The van der Waals surface area contributed by atoms with Crippen molar-refractivity contribution in [3.8, 4) is 0 Å². The van der Waals surface area contributed by atoms with E-state index in [9.17, 15) is 28.8 Å². The summed E-state index contributed by atoms with van der Waals surface area (Å²) >= 11 is 0. The molecule has 14 atom stereocenters. The number of ketones is 2. The van der Waals surface area contributed by atoms with Gasteiger partial charge in [-0.05, 0) is 63.2 Å². The minimum absolute atomic E-state index is 0.00542. The number of Topliss-reactive ketones (excluding diaryl/α,β-unsaturated/α-hetero) is 2. The van der Waals surface area contributed by atoms with Gasteiger partial charge in [0.15, 0.2) is 0 Å². The molecule has 0 N–H and O–H groups in total. The van der Waals surface area contributed by atoms with Crippen molar-refractivity contribution in [1.82, 2.24) is 0 Å². The lowest BCUT2D eigenvalue weighted by Gasteiger charge is -2.41. The minimum atomic E-state index is -1.00. The zero-order chi connectivity index (χ0) is 31.2. The van der Waals surface area contributed by atoms with Crippen molar-refractivity contribution in [3.63, 3.8) is 0 Å². The maximum atomic E-state index is 13.5. The molecule has 4 aliphatic carbocycles. The van der Waals surface area contributed by atoms with Gasteiger partial charge in [0.2, 0.25) is 0 Å². The van der Waals surface area contributed by atoms with Crippen LogP contribution in [0.2, 0.25) is 0 Å². The van der Waals surface area contributed by atoms with Gasteiger partial charge in [-0.15, -0.1) is 0 Å². The van der Waals surface area contributed by atoms with Gasteiger partial charge in [0, 0.05) is 24.7 Å². The lowest BCUT2D eigenvalue weighted by Crippen LogP contribution is -2.51. The minimum Gasteiger partial charge on any atom is -0.462 e. The molecule has 2 heterocycles. The van der Waals surface area contributed by atoms with Crippen molar-refractivity contribution < 1.29 is 47.7 Å². The number of fused-ring (bicyclic) bond motifs is 4. The first-order valence-corrected chi connectivity index (χ1v) is 16.1. The van der Waals surface area contributed by atoms with Crippen LogP contribution in [0, 0.1) is 58.2 Å². The predicted molar refractivity (Wildman–Crippen MR) is 149 cm³/mol. The van der Waals surface area contributed by atoms with Gasteiger partial charge in [0.05, 0.1) is 22.7 Å². The number of carbonyl (C=O) groups excluding carboxylic acids is 6. The molecule has 2 aliphatic heterocycles. The summed E-state index contributed by atoms with van der Waals surface area (Å²) in [6, 6.07) is 0. The highest BCUT2D eigenvalue weighted by Gasteiger charge is 2.65. The zero-order valence-electron chi connectivity index (χ0n) is 26.0. The second-order valence-electron chi connectivity index (χ2n) is 14.8. The van der Waals surface area contributed by atoms with Crippen LogP contribution in [0.25, 0.3) is 0 Å². The SMILES string of the molecule is CC1C(=O)O[C@@H]2C[C@@H](C)[C@@H]3CCC(=O)[C@@]3(C)[C@@H](OC(=O)CC(=O)O[C@H]3[C@@H]4C(C)C(=O)O[C@@H]4C[C@@H](C)[C@@H]4CCC(=O)[C@]43C)[C@H]12. The molecule has 10 heteroatoms. The van der Waals surface area contributed by atoms with E-state index in [-0.39, 0.29) is 47.2 Å². The first kappa shape index (κ1) is 30.3. The van der Waals surface area contributed by atoms with Crippen LogP contribution in [0.3, 0.4) is 0 Å². The quantitative estimate of drug-likeness (QED) is 0.267. The average molecular weight is 601 g/mol. The third-order valence-electron chi connectivity index (χ3n) is 12.7. The summed E-state index contributed by atoms with van der Waals surface area (Å²) in [5.41, 5.74) is -2.00. The Labute approximate surface area is 252 Å². The van der Waals surface area contributed by atoms with Crippen molar-refractivity contribution in [2.75, 3.05) is 0 Å². The molecule has 0 spiro atoms. The van der Waals surface area contributed by atoms with Gasteiger partial charge in [-0.1, -0.05) is 27.7 Å². The van der Waals surface area contributed by atoms with E-state index in [1.54, 1.807) is 13.8 Å². The summed E-state index contributed by atoms with van der Waals surface area (Å²) in [7, 11) is 0. The molecule has 0 aromatic rings. The molecule has 0 radical (unpaired) electrons. The monoisotopic (exact) mass is 600 g/mol. The fourth-order valence-electron chi connectivity index (χ4n) is 10.3. The van der Waals surface area contributed by atoms with Crippen molar-refractivity contribution in [2.45, 2.75) is 111 Å². The van der Waals surface area contributed by atoms with Crippen LogP contribution in [-0.4, -0.2) is 59.9 Å². The summed E-state index contributed by atoms with van der Waals surface area (Å²) in [6.45, 7) is 11.2. The molecule has 0 aromatic carbocycles. The summed E-state index contributed by atoms with van der Waals surface area (Å²) in [6.07, 6.45) is -0.271. The Bertz CT molecular complexity index is 1160. The highest BCUT2D eigenvalue weighted by atomic mass is 16.6. The predicted octanol–water partition coefficient (Wildman–Crippen LogP) is 3.61. The topological polar surface area (TPSA) is 139 Å². The lowest BCUT2D eigenvalue weighted by molar-refractivity contribution is -0.177. The second-order valence-corrected chi connectivity index (χ2v) is 14.8. The van der Waals surface area contributed by atoms with E-state index in [1.807, 2.05) is 13.8 Å². The van der Waals surface area contributed by atoms with E-state index in [1.165, 1.54) is 0 Å².